The summed E-state index contributed by atoms with van der Waals surface area (Å²) in [4.78, 5) is 4.84. The number of hydrogen-bond donors (Lipinski definition) is 3. The minimum Gasteiger partial charge on any atom is -0.383 e. The molecule has 0 amide bonds. The summed E-state index contributed by atoms with van der Waals surface area (Å²) in [6.45, 7) is 6.48. The summed E-state index contributed by atoms with van der Waals surface area (Å²) in [7, 11) is -2.04. The summed E-state index contributed by atoms with van der Waals surface area (Å²) in [6.07, 6.45) is 0.977. The SMILES string of the molecule is CCNC(=NCc1cccc(S(=O)(=O)NCCOC)c1)NCc1ccccc1CC.I. The van der Waals surface area contributed by atoms with Crippen molar-refractivity contribution >= 4 is 40.0 Å². The molecule has 0 aromatic heterocycles. The van der Waals surface area contributed by atoms with Crippen LogP contribution in [0.4, 0.5) is 0 Å². The molecule has 0 fully saturated rings. The molecule has 31 heavy (non-hydrogen) atoms. The zero-order valence-corrected chi connectivity index (χ0v) is 21.5. The third-order valence-electron chi connectivity index (χ3n) is 4.52. The number of nitrogens with zero attached hydrogens (tertiary/aromatic N) is 1. The molecule has 0 saturated carbocycles. The number of ether oxygens (including phenoxy) is 1. The molecule has 9 heteroatoms. The summed E-state index contributed by atoms with van der Waals surface area (Å²) in [5.74, 6) is 0.690. The summed E-state index contributed by atoms with van der Waals surface area (Å²) in [5, 5.41) is 6.59. The van der Waals surface area contributed by atoms with Crippen molar-refractivity contribution in [3.63, 3.8) is 0 Å². The highest BCUT2D eigenvalue weighted by molar-refractivity contribution is 14.0. The van der Waals surface area contributed by atoms with E-state index in [4.69, 9.17) is 4.74 Å². The Morgan fingerprint density at radius 3 is 2.45 bits per heavy atom. The fourth-order valence-corrected chi connectivity index (χ4v) is 4.02. The van der Waals surface area contributed by atoms with E-state index in [1.54, 1.807) is 18.2 Å². The van der Waals surface area contributed by atoms with Crippen molar-refractivity contribution in [2.24, 2.45) is 4.99 Å². The Morgan fingerprint density at radius 2 is 1.77 bits per heavy atom. The van der Waals surface area contributed by atoms with Crippen LogP contribution in [0.1, 0.15) is 30.5 Å². The lowest BCUT2D eigenvalue weighted by atomic mass is 10.1. The normalized spacial score (nSPS) is 11.6. The van der Waals surface area contributed by atoms with Gasteiger partial charge in [-0.3, -0.25) is 0 Å². The van der Waals surface area contributed by atoms with E-state index < -0.39 is 10.0 Å². The third-order valence-corrected chi connectivity index (χ3v) is 5.98. The Hall–Kier alpha value is -1.69. The van der Waals surface area contributed by atoms with E-state index in [2.05, 4.69) is 39.4 Å². The zero-order chi connectivity index (χ0) is 21.8. The van der Waals surface area contributed by atoms with Crippen LogP contribution < -0.4 is 15.4 Å². The molecule has 0 spiro atoms. The van der Waals surface area contributed by atoms with Crippen LogP contribution in [0.2, 0.25) is 0 Å². The van der Waals surface area contributed by atoms with E-state index in [0.717, 1.165) is 18.5 Å². The molecule has 172 valence electrons. The van der Waals surface area contributed by atoms with Gasteiger partial charge >= 0.3 is 0 Å². The molecule has 0 heterocycles. The minimum absolute atomic E-state index is 0. The molecular formula is C22H33IN4O3S. The van der Waals surface area contributed by atoms with Crippen LogP contribution in [0.25, 0.3) is 0 Å². The molecule has 0 saturated heterocycles. The van der Waals surface area contributed by atoms with Gasteiger partial charge < -0.3 is 15.4 Å². The highest BCUT2D eigenvalue weighted by Gasteiger charge is 2.13. The van der Waals surface area contributed by atoms with E-state index in [1.807, 2.05) is 25.1 Å². The predicted octanol–water partition coefficient (Wildman–Crippen LogP) is 3.05. The molecule has 0 aliphatic carbocycles. The maximum atomic E-state index is 12.4. The van der Waals surface area contributed by atoms with E-state index >= 15 is 0 Å². The summed E-state index contributed by atoms with van der Waals surface area (Å²) in [6, 6.07) is 15.1. The van der Waals surface area contributed by atoms with E-state index in [-0.39, 0.29) is 35.4 Å². The number of hydrogen-bond acceptors (Lipinski definition) is 4. The van der Waals surface area contributed by atoms with Gasteiger partial charge in [0, 0.05) is 26.7 Å². The number of halogens is 1. The molecule has 2 rings (SSSR count). The van der Waals surface area contributed by atoms with Crippen LogP contribution in [-0.4, -0.2) is 41.2 Å². The molecule has 2 aromatic carbocycles. The first-order valence-corrected chi connectivity index (χ1v) is 11.6. The molecule has 0 aliphatic rings. The van der Waals surface area contributed by atoms with Crippen LogP contribution in [0.3, 0.4) is 0 Å². The quantitative estimate of drug-likeness (QED) is 0.170. The average molecular weight is 561 g/mol. The number of methoxy groups -OCH3 is 1. The van der Waals surface area contributed by atoms with E-state index in [0.29, 0.717) is 25.7 Å². The second kappa shape index (κ2) is 14.4. The van der Waals surface area contributed by atoms with Gasteiger partial charge in [0.05, 0.1) is 18.0 Å². The third kappa shape index (κ3) is 9.14. The summed E-state index contributed by atoms with van der Waals surface area (Å²) < 4.78 is 32.2. The molecule has 0 radical (unpaired) electrons. The largest absolute Gasteiger partial charge is 0.383 e. The Labute approximate surface area is 203 Å². The van der Waals surface area contributed by atoms with Crippen molar-refractivity contribution in [1.82, 2.24) is 15.4 Å². The van der Waals surface area contributed by atoms with Crippen molar-refractivity contribution in [3.05, 3.63) is 65.2 Å². The number of aliphatic imine (C=N–C) groups is 1. The van der Waals surface area contributed by atoms with Crippen LogP contribution in [0, 0.1) is 0 Å². The summed E-state index contributed by atoms with van der Waals surface area (Å²) >= 11 is 0. The first-order chi connectivity index (χ1) is 14.5. The highest BCUT2D eigenvalue weighted by atomic mass is 127. The Balaban J connectivity index is 0.00000480. The van der Waals surface area contributed by atoms with Gasteiger partial charge in [-0.05, 0) is 42.2 Å². The van der Waals surface area contributed by atoms with Crippen molar-refractivity contribution in [1.29, 1.82) is 0 Å². The first kappa shape index (κ1) is 27.3. The number of aryl methyl sites for hydroxylation is 1. The molecule has 3 N–H and O–H groups in total. The van der Waals surface area contributed by atoms with Crippen LogP contribution in [0.5, 0.6) is 0 Å². The smallest absolute Gasteiger partial charge is 0.240 e. The maximum absolute atomic E-state index is 12.4. The average Bonchev–Trinajstić information content (AvgIpc) is 2.76. The predicted molar refractivity (Wildman–Crippen MR) is 136 cm³/mol. The number of guanidine groups is 1. The molecular weight excluding hydrogens is 527 g/mol. The molecule has 0 aliphatic heterocycles. The van der Waals surface area contributed by atoms with Gasteiger partial charge in [0.1, 0.15) is 0 Å². The van der Waals surface area contributed by atoms with Gasteiger partial charge in [-0.2, -0.15) is 0 Å². The number of rotatable bonds is 11. The van der Waals surface area contributed by atoms with Crippen molar-refractivity contribution < 1.29 is 13.2 Å². The van der Waals surface area contributed by atoms with Crippen molar-refractivity contribution in [3.8, 4) is 0 Å². The van der Waals surface area contributed by atoms with Crippen LogP contribution in [0.15, 0.2) is 58.4 Å². The van der Waals surface area contributed by atoms with E-state index in [9.17, 15) is 8.42 Å². The number of benzene rings is 2. The van der Waals surface area contributed by atoms with Gasteiger partial charge in [-0.15, -0.1) is 24.0 Å². The maximum Gasteiger partial charge on any atom is 0.240 e. The number of sulfonamides is 1. The lowest BCUT2D eigenvalue weighted by Gasteiger charge is -2.13. The number of nitrogens with one attached hydrogen (secondary N) is 3. The molecule has 0 bridgehead atoms. The topological polar surface area (TPSA) is 91.8 Å². The molecule has 2 aromatic rings. The van der Waals surface area contributed by atoms with Crippen LogP contribution in [-0.2, 0) is 34.3 Å². The highest BCUT2D eigenvalue weighted by Crippen LogP contribution is 2.12. The molecule has 0 unspecified atom stereocenters. The van der Waals surface area contributed by atoms with Gasteiger partial charge in [0.15, 0.2) is 5.96 Å². The Morgan fingerprint density at radius 1 is 1.03 bits per heavy atom. The second-order valence-corrected chi connectivity index (χ2v) is 8.48. The second-order valence-electron chi connectivity index (χ2n) is 6.71. The fourth-order valence-electron chi connectivity index (χ4n) is 2.94. The molecule has 0 atom stereocenters. The van der Waals surface area contributed by atoms with Gasteiger partial charge in [-0.1, -0.05) is 43.3 Å². The molecule has 7 nitrogen and oxygen atoms in total. The summed E-state index contributed by atoms with van der Waals surface area (Å²) in [5.41, 5.74) is 3.36. The monoisotopic (exact) mass is 560 g/mol. The fraction of sp³-hybridized carbons (Fsp3) is 0.409. The van der Waals surface area contributed by atoms with Crippen LogP contribution >= 0.6 is 24.0 Å². The standard InChI is InChI=1S/C22H32N4O3S.HI/c1-4-19-10-6-7-11-20(19)17-25-22(23-5-2)24-16-18-9-8-12-21(15-18)30(27,28)26-13-14-29-3;/h6-12,15,26H,4-5,13-14,16-17H2,1-3H3,(H2,23,24,25);1H. The Kier molecular flexibility index (Phi) is 12.7. The zero-order valence-electron chi connectivity index (χ0n) is 18.3. The van der Waals surface area contributed by atoms with Crippen molar-refractivity contribution in [2.45, 2.75) is 38.3 Å². The van der Waals surface area contributed by atoms with Gasteiger partial charge in [-0.25, -0.2) is 18.1 Å². The van der Waals surface area contributed by atoms with E-state index in [1.165, 1.54) is 18.2 Å². The van der Waals surface area contributed by atoms with Gasteiger partial charge in [0.25, 0.3) is 0 Å². The van der Waals surface area contributed by atoms with Crippen molar-refractivity contribution in [2.75, 3.05) is 26.8 Å². The van der Waals surface area contributed by atoms with Gasteiger partial charge in [0.2, 0.25) is 10.0 Å². The first-order valence-electron chi connectivity index (χ1n) is 10.2. The Bertz CT molecular complexity index is 936. The lowest BCUT2D eigenvalue weighted by molar-refractivity contribution is 0.204. The lowest BCUT2D eigenvalue weighted by Crippen LogP contribution is -2.37. The minimum atomic E-state index is -3.57.